The molecule has 2 saturated carbocycles. The number of aromatic nitrogens is 4. The molecule has 34 heavy (non-hydrogen) atoms. The number of ether oxygens (including phenoxy) is 2. The normalized spacial score (nSPS) is 21.0. The van der Waals surface area contributed by atoms with Gasteiger partial charge in [0.2, 0.25) is 0 Å². The summed E-state index contributed by atoms with van der Waals surface area (Å²) in [5.41, 5.74) is 1.73. The number of carboxylic acid groups (broad SMARTS) is 1. The van der Waals surface area contributed by atoms with Crippen LogP contribution >= 0.6 is 0 Å². The molecular weight excluding hydrogens is 438 g/mol. The monoisotopic (exact) mass is 471 g/mol. The van der Waals surface area contributed by atoms with E-state index in [9.17, 15) is 14.7 Å². The van der Waals surface area contributed by atoms with Crippen molar-refractivity contribution in [1.29, 1.82) is 0 Å². The van der Waals surface area contributed by atoms with Crippen molar-refractivity contribution in [3.05, 3.63) is 24.0 Å². The number of carbonyl (C=O) groups excluding carboxylic acids is 1. The smallest absolute Gasteiger partial charge is 0.410 e. The van der Waals surface area contributed by atoms with Gasteiger partial charge in [-0.2, -0.15) is 0 Å². The van der Waals surface area contributed by atoms with Crippen LogP contribution < -0.4 is 4.74 Å². The van der Waals surface area contributed by atoms with Gasteiger partial charge in [-0.1, -0.05) is 18.6 Å². The van der Waals surface area contributed by atoms with Gasteiger partial charge < -0.3 is 19.5 Å². The molecule has 0 bridgehead atoms. The highest BCUT2D eigenvalue weighted by molar-refractivity contribution is 5.70. The molecule has 0 saturated heterocycles. The number of rotatable bonds is 9. The average molecular weight is 472 g/mol. The first-order valence-corrected chi connectivity index (χ1v) is 12.0. The predicted molar refractivity (Wildman–Crippen MR) is 123 cm³/mol. The van der Waals surface area contributed by atoms with Crippen molar-refractivity contribution in [2.45, 2.75) is 76.5 Å². The van der Waals surface area contributed by atoms with Gasteiger partial charge in [-0.15, -0.1) is 5.10 Å². The lowest BCUT2D eigenvalue weighted by atomic mass is 9.87. The fraction of sp³-hybridized carbons (Fsp3) is 0.625. The predicted octanol–water partition coefficient (Wildman–Crippen LogP) is 3.80. The summed E-state index contributed by atoms with van der Waals surface area (Å²) in [5.74, 6) is -0.530. The molecule has 2 aromatic heterocycles. The number of aryl methyl sites for hydroxylation is 1. The van der Waals surface area contributed by atoms with Gasteiger partial charge in [0.25, 0.3) is 0 Å². The van der Waals surface area contributed by atoms with Gasteiger partial charge in [-0.25, -0.2) is 9.48 Å². The number of amides is 1. The van der Waals surface area contributed by atoms with Crippen LogP contribution in [0.25, 0.3) is 11.4 Å². The molecule has 1 N–H and O–H groups in total. The Labute approximate surface area is 199 Å². The van der Waals surface area contributed by atoms with Crippen molar-refractivity contribution < 1.29 is 24.2 Å². The maximum atomic E-state index is 12.6. The van der Waals surface area contributed by atoms with Crippen LogP contribution in [-0.4, -0.2) is 60.7 Å². The zero-order chi connectivity index (χ0) is 24.3. The summed E-state index contributed by atoms with van der Waals surface area (Å²) in [6.45, 7) is 2.17. The molecular formula is C24H33N5O5. The quantitative estimate of drug-likeness (QED) is 0.586. The van der Waals surface area contributed by atoms with E-state index < -0.39 is 5.97 Å². The third-order valence-corrected chi connectivity index (χ3v) is 7.06. The van der Waals surface area contributed by atoms with Gasteiger partial charge in [0.05, 0.1) is 23.9 Å². The van der Waals surface area contributed by atoms with Crippen molar-refractivity contribution in [3.63, 3.8) is 0 Å². The van der Waals surface area contributed by atoms with E-state index in [1.54, 1.807) is 42.0 Å². The number of hydrogen-bond acceptors (Lipinski definition) is 7. The van der Waals surface area contributed by atoms with Crippen LogP contribution in [0.4, 0.5) is 4.79 Å². The molecule has 10 heteroatoms. The Balaban J connectivity index is 1.38. The SMILES string of the molecule is CCCC1(N(C)C(=O)OCc2c(-c3ccc(O[C@H]4CCC[C@H](C(=O)O)C4)cn3)nnn2C)CC1. The maximum Gasteiger partial charge on any atom is 0.410 e. The minimum Gasteiger partial charge on any atom is -0.489 e. The molecule has 0 unspecified atom stereocenters. The maximum absolute atomic E-state index is 12.6. The molecule has 4 rings (SSSR count). The van der Waals surface area contributed by atoms with Gasteiger partial charge in [-0.05, 0) is 57.1 Å². The molecule has 1 amide bonds. The number of carbonyl (C=O) groups is 2. The van der Waals surface area contributed by atoms with Crippen LogP contribution in [0, 0.1) is 5.92 Å². The summed E-state index contributed by atoms with van der Waals surface area (Å²) >= 11 is 0. The minimum absolute atomic E-state index is 0.0444. The van der Waals surface area contributed by atoms with E-state index in [-0.39, 0.29) is 30.3 Å². The summed E-state index contributed by atoms with van der Waals surface area (Å²) in [4.78, 5) is 30.1. The van der Waals surface area contributed by atoms with Crippen molar-refractivity contribution >= 4 is 12.1 Å². The van der Waals surface area contributed by atoms with Gasteiger partial charge in [0, 0.05) is 19.6 Å². The molecule has 2 aliphatic carbocycles. The van der Waals surface area contributed by atoms with E-state index in [1.807, 2.05) is 0 Å². The Hall–Kier alpha value is -3.17. The number of aliphatic carboxylic acids is 1. The van der Waals surface area contributed by atoms with Crippen molar-refractivity contribution in [2.75, 3.05) is 7.05 Å². The fourth-order valence-electron chi connectivity index (χ4n) is 4.78. The third-order valence-electron chi connectivity index (χ3n) is 7.06. The Morgan fingerprint density at radius 3 is 2.74 bits per heavy atom. The lowest BCUT2D eigenvalue weighted by Crippen LogP contribution is -2.39. The van der Waals surface area contributed by atoms with Crippen LogP contribution in [0.15, 0.2) is 18.3 Å². The van der Waals surface area contributed by atoms with Gasteiger partial charge in [0.15, 0.2) is 0 Å². The molecule has 2 atom stereocenters. The highest BCUT2D eigenvalue weighted by atomic mass is 16.6. The van der Waals surface area contributed by atoms with Crippen LogP contribution in [0.2, 0.25) is 0 Å². The third kappa shape index (κ3) is 5.15. The lowest BCUT2D eigenvalue weighted by molar-refractivity contribution is -0.143. The van der Waals surface area contributed by atoms with Crippen LogP contribution in [0.5, 0.6) is 5.75 Å². The molecule has 0 spiro atoms. The van der Waals surface area contributed by atoms with Gasteiger partial charge >= 0.3 is 12.1 Å². The largest absolute Gasteiger partial charge is 0.489 e. The van der Waals surface area contributed by atoms with Crippen molar-refractivity contribution in [2.24, 2.45) is 13.0 Å². The molecule has 0 radical (unpaired) electrons. The highest BCUT2D eigenvalue weighted by Gasteiger charge is 2.48. The lowest BCUT2D eigenvalue weighted by Gasteiger charge is -2.27. The summed E-state index contributed by atoms with van der Waals surface area (Å²) in [5, 5.41) is 17.6. The second-order valence-electron chi connectivity index (χ2n) is 9.42. The number of carboxylic acids is 1. The molecule has 2 aliphatic rings. The Morgan fingerprint density at radius 2 is 2.09 bits per heavy atom. The first kappa shape index (κ1) is 24.0. The van der Waals surface area contributed by atoms with E-state index >= 15 is 0 Å². The van der Waals surface area contributed by atoms with E-state index in [2.05, 4.69) is 22.2 Å². The number of nitrogens with zero attached hydrogens (tertiary/aromatic N) is 5. The number of pyridine rings is 1. The second-order valence-corrected chi connectivity index (χ2v) is 9.42. The van der Waals surface area contributed by atoms with Gasteiger partial charge in [-0.3, -0.25) is 9.78 Å². The summed E-state index contributed by atoms with van der Waals surface area (Å²) in [6, 6.07) is 3.58. The van der Waals surface area contributed by atoms with Crippen LogP contribution in [0.3, 0.4) is 0 Å². The van der Waals surface area contributed by atoms with E-state index in [0.717, 1.165) is 38.5 Å². The van der Waals surface area contributed by atoms with Crippen molar-refractivity contribution in [3.8, 4) is 17.1 Å². The summed E-state index contributed by atoms with van der Waals surface area (Å²) < 4.78 is 13.2. The molecule has 10 nitrogen and oxygen atoms in total. The Bertz CT molecular complexity index is 1020. The average Bonchev–Trinajstić information content (AvgIpc) is 3.53. The molecule has 0 aromatic carbocycles. The molecule has 2 fully saturated rings. The Morgan fingerprint density at radius 1 is 1.29 bits per heavy atom. The van der Waals surface area contributed by atoms with Crippen LogP contribution in [-0.2, 0) is 23.2 Å². The Kier molecular flexibility index (Phi) is 7.04. The topological polar surface area (TPSA) is 120 Å². The van der Waals surface area contributed by atoms with Crippen LogP contribution in [0.1, 0.15) is 64.0 Å². The summed E-state index contributed by atoms with van der Waals surface area (Å²) in [7, 11) is 3.56. The van der Waals surface area contributed by atoms with E-state index in [0.29, 0.717) is 35.7 Å². The van der Waals surface area contributed by atoms with Crippen molar-refractivity contribution in [1.82, 2.24) is 24.9 Å². The number of hydrogen-bond donors (Lipinski definition) is 1. The minimum atomic E-state index is -0.762. The second kappa shape index (κ2) is 9.99. The zero-order valence-corrected chi connectivity index (χ0v) is 20.1. The van der Waals surface area contributed by atoms with E-state index in [1.165, 1.54) is 0 Å². The molecule has 184 valence electrons. The molecule has 2 heterocycles. The van der Waals surface area contributed by atoms with E-state index in [4.69, 9.17) is 9.47 Å². The van der Waals surface area contributed by atoms with Gasteiger partial charge in [0.1, 0.15) is 23.7 Å². The standard InChI is InChI=1S/C24H33N5O5/c1-4-10-24(11-12-24)28(2)23(32)33-15-20-21(26-27-29(20)3)19-9-8-18(14-25-19)34-17-7-5-6-16(13-17)22(30)31/h8-9,14,16-17H,4-7,10-13,15H2,1-3H3,(H,30,31)/t16-,17-/m0/s1. The highest BCUT2D eigenvalue weighted by Crippen LogP contribution is 2.45. The molecule has 0 aliphatic heterocycles. The zero-order valence-electron chi connectivity index (χ0n) is 20.1. The fourth-order valence-corrected chi connectivity index (χ4v) is 4.78. The summed E-state index contributed by atoms with van der Waals surface area (Å²) in [6.07, 6.45) is 8.04. The first-order chi connectivity index (χ1) is 16.3. The first-order valence-electron chi connectivity index (χ1n) is 12.0. The molecule has 2 aromatic rings.